The SMILES string of the molecule is CC(C)(C)OC(=O)[C@H](CCC(=O)OCN)C(=O)OCN. The summed E-state index contributed by atoms with van der Waals surface area (Å²) < 4.78 is 14.2. The molecule has 116 valence electrons. The lowest BCUT2D eigenvalue weighted by Crippen LogP contribution is -2.35. The van der Waals surface area contributed by atoms with E-state index in [1.165, 1.54) is 0 Å². The molecule has 1 atom stereocenters. The fourth-order valence-electron chi connectivity index (χ4n) is 1.31. The van der Waals surface area contributed by atoms with Gasteiger partial charge in [-0.2, -0.15) is 0 Å². The predicted octanol–water partition coefficient (Wildman–Crippen LogP) is -0.357. The number of esters is 3. The number of nitrogens with two attached hydrogens (primary N) is 2. The molecule has 0 unspecified atom stereocenters. The van der Waals surface area contributed by atoms with Crippen LogP contribution in [-0.4, -0.2) is 37.0 Å². The van der Waals surface area contributed by atoms with Crippen molar-refractivity contribution < 1.29 is 28.6 Å². The van der Waals surface area contributed by atoms with Crippen molar-refractivity contribution in [2.75, 3.05) is 13.5 Å². The summed E-state index contributed by atoms with van der Waals surface area (Å²) in [4.78, 5) is 34.8. The maximum absolute atomic E-state index is 11.9. The van der Waals surface area contributed by atoms with Gasteiger partial charge in [0.25, 0.3) is 0 Å². The molecule has 8 nitrogen and oxygen atoms in total. The highest BCUT2D eigenvalue weighted by Gasteiger charge is 2.33. The van der Waals surface area contributed by atoms with E-state index in [9.17, 15) is 14.4 Å². The van der Waals surface area contributed by atoms with Crippen LogP contribution in [0.1, 0.15) is 33.6 Å². The van der Waals surface area contributed by atoms with Crippen molar-refractivity contribution in [1.29, 1.82) is 0 Å². The number of carbonyl (C=O) groups is 3. The van der Waals surface area contributed by atoms with Crippen molar-refractivity contribution in [3.8, 4) is 0 Å². The van der Waals surface area contributed by atoms with E-state index in [2.05, 4.69) is 9.47 Å². The second kappa shape index (κ2) is 8.49. The number of rotatable bonds is 7. The van der Waals surface area contributed by atoms with E-state index < -0.39 is 29.4 Å². The van der Waals surface area contributed by atoms with Gasteiger partial charge in [0.1, 0.15) is 19.1 Å². The summed E-state index contributed by atoms with van der Waals surface area (Å²) in [5, 5.41) is 0. The van der Waals surface area contributed by atoms with Crippen molar-refractivity contribution in [1.82, 2.24) is 0 Å². The standard InChI is InChI=1S/C12H22N2O6/c1-12(2,3)20-11(17)8(10(16)19-7-14)4-5-9(15)18-6-13/h8H,4-7,13-14H2,1-3H3/t8-/m1/s1. The second-order valence-electron chi connectivity index (χ2n) is 4.94. The monoisotopic (exact) mass is 290 g/mol. The van der Waals surface area contributed by atoms with E-state index in [1.54, 1.807) is 20.8 Å². The highest BCUT2D eigenvalue weighted by molar-refractivity contribution is 5.95. The lowest BCUT2D eigenvalue weighted by atomic mass is 10.0. The summed E-state index contributed by atoms with van der Waals surface area (Å²) in [5.74, 6) is -3.43. The van der Waals surface area contributed by atoms with E-state index in [-0.39, 0.29) is 26.3 Å². The third kappa shape index (κ3) is 7.70. The highest BCUT2D eigenvalue weighted by Crippen LogP contribution is 2.17. The molecule has 4 N–H and O–H groups in total. The van der Waals surface area contributed by atoms with Gasteiger partial charge in [-0.25, -0.2) is 0 Å². The number of hydrogen-bond acceptors (Lipinski definition) is 8. The van der Waals surface area contributed by atoms with Gasteiger partial charge < -0.3 is 14.2 Å². The van der Waals surface area contributed by atoms with Crippen LogP contribution in [-0.2, 0) is 28.6 Å². The van der Waals surface area contributed by atoms with Gasteiger partial charge >= 0.3 is 17.9 Å². The zero-order valence-corrected chi connectivity index (χ0v) is 12.0. The molecule has 0 aromatic heterocycles. The van der Waals surface area contributed by atoms with Gasteiger partial charge in [-0.05, 0) is 27.2 Å². The summed E-state index contributed by atoms with van der Waals surface area (Å²) in [6, 6.07) is 0. The molecule has 0 spiro atoms. The summed E-state index contributed by atoms with van der Waals surface area (Å²) in [6.07, 6.45) is -0.243. The minimum atomic E-state index is -1.22. The maximum Gasteiger partial charge on any atom is 0.321 e. The van der Waals surface area contributed by atoms with Gasteiger partial charge in [0.05, 0.1) is 0 Å². The fraction of sp³-hybridized carbons (Fsp3) is 0.750. The Morgan fingerprint density at radius 3 is 2.00 bits per heavy atom. The number of ether oxygens (including phenoxy) is 3. The average Bonchev–Trinajstić information content (AvgIpc) is 2.27. The Hall–Kier alpha value is -1.67. The third-order valence-corrected chi connectivity index (χ3v) is 2.08. The van der Waals surface area contributed by atoms with Gasteiger partial charge in [-0.15, -0.1) is 0 Å². The number of carbonyl (C=O) groups excluding carboxylic acids is 3. The molecule has 0 saturated carbocycles. The topological polar surface area (TPSA) is 131 Å². The summed E-state index contributed by atoms with van der Waals surface area (Å²) >= 11 is 0. The van der Waals surface area contributed by atoms with Crippen LogP contribution in [0.4, 0.5) is 0 Å². The first-order valence-corrected chi connectivity index (χ1v) is 6.16. The molecule has 0 radical (unpaired) electrons. The van der Waals surface area contributed by atoms with Crippen LogP contribution in [0.2, 0.25) is 0 Å². The van der Waals surface area contributed by atoms with Gasteiger partial charge in [0, 0.05) is 6.42 Å². The normalized spacial score (nSPS) is 12.4. The highest BCUT2D eigenvalue weighted by atomic mass is 16.6. The summed E-state index contributed by atoms with van der Waals surface area (Å²) in [7, 11) is 0. The van der Waals surface area contributed by atoms with Crippen LogP contribution in [0.3, 0.4) is 0 Å². The average molecular weight is 290 g/mol. The summed E-state index contributed by atoms with van der Waals surface area (Å²) in [6.45, 7) is 4.38. The van der Waals surface area contributed by atoms with Crippen LogP contribution >= 0.6 is 0 Å². The maximum atomic E-state index is 11.9. The van der Waals surface area contributed by atoms with E-state index in [0.29, 0.717) is 0 Å². The molecule has 0 rings (SSSR count). The number of hydrogen-bond donors (Lipinski definition) is 2. The molecular formula is C12H22N2O6. The smallest absolute Gasteiger partial charge is 0.321 e. The zero-order valence-electron chi connectivity index (χ0n) is 12.0. The Balaban J connectivity index is 4.68. The van der Waals surface area contributed by atoms with E-state index in [0.717, 1.165) is 0 Å². The first-order chi connectivity index (χ1) is 9.21. The molecule has 0 heterocycles. The Morgan fingerprint density at radius 1 is 1.00 bits per heavy atom. The molecule has 0 aliphatic carbocycles. The van der Waals surface area contributed by atoms with Crippen molar-refractivity contribution in [3.63, 3.8) is 0 Å². The Labute approximate surface area is 117 Å². The second-order valence-corrected chi connectivity index (χ2v) is 4.94. The molecule has 8 heteroatoms. The first kappa shape index (κ1) is 18.3. The van der Waals surface area contributed by atoms with Gasteiger partial charge in [0.15, 0.2) is 5.92 Å². The fourth-order valence-corrected chi connectivity index (χ4v) is 1.31. The lowest BCUT2D eigenvalue weighted by Gasteiger charge is -2.22. The van der Waals surface area contributed by atoms with Crippen LogP contribution in [0.15, 0.2) is 0 Å². The van der Waals surface area contributed by atoms with Crippen LogP contribution < -0.4 is 11.5 Å². The molecule has 20 heavy (non-hydrogen) atoms. The van der Waals surface area contributed by atoms with Crippen molar-refractivity contribution in [2.24, 2.45) is 17.4 Å². The van der Waals surface area contributed by atoms with Crippen molar-refractivity contribution in [3.05, 3.63) is 0 Å². The third-order valence-electron chi connectivity index (χ3n) is 2.08. The Bertz CT molecular complexity index is 350. The lowest BCUT2D eigenvalue weighted by molar-refractivity contribution is -0.169. The van der Waals surface area contributed by atoms with E-state index in [1.807, 2.05) is 0 Å². The molecule has 0 bridgehead atoms. The summed E-state index contributed by atoms with van der Waals surface area (Å²) in [5.41, 5.74) is 9.38. The molecule has 0 aromatic rings. The molecule has 0 amide bonds. The van der Waals surface area contributed by atoms with Crippen LogP contribution in [0, 0.1) is 5.92 Å². The minimum Gasteiger partial charge on any atom is -0.459 e. The molecule has 0 aliphatic rings. The van der Waals surface area contributed by atoms with Crippen LogP contribution in [0.25, 0.3) is 0 Å². The van der Waals surface area contributed by atoms with Crippen LogP contribution in [0.5, 0.6) is 0 Å². The quantitative estimate of drug-likeness (QED) is 0.281. The molecule has 0 aliphatic heterocycles. The zero-order chi connectivity index (χ0) is 15.8. The van der Waals surface area contributed by atoms with E-state index >= 15 is 0 Å². The molecule has 0 saturated heterocycles. The predicted molar refractivity (Wildman–Crippen MR) is 68.9 cm³/mol. The van der Waals surface area contributed by atoms with Gasteiger partial charge in [0.2, 0.25) is 0 Å². The van der Waals surface area contributed by atoms with E-state index in [4.69, 9.17) is 16.2 Å². The van der Waals surface area contributed by atoms with Crippen molar-refractivity contribution >= 4 is 17.9 Å². The van der Waals surface area contributed by atoms with Gasteiger partial charge in [-0.1, -0.05) is 0 Å². The van der Waals surface area contributed by atoms with Gasteiger partial charge in [-0.3, -0.25) is 25.9 Å². The largest absolute Gasteiger partial charge is 0.459 e. The molecule has 0 aromatic carbocycles. The molecule has 0 fully saturated rings. The van der Waals surface area contributed by atoms with Crippen molar-refractivity contribution in [2.45, 2.75) is 39.2 Å². The molecular weight excluding hydrogens is 268 g/mol. The first-order valence-electron chi connectivity index (χ1n) is 6.16. The Morgan fingerprint density at radius 2 is 1.55 bits per heavy atom. The Kier molecular flexibility index (Phi) is 7.78. The minimum absolute atomic E-state index is 0.0907.